The summed E-state index contributed by atoms with van der Waals surface area (Å²) < 4.78 is 47.0. The Bertz CT molecular complexity index is 1930. The summed E-state index contributed by atoms with van der Waals surface area (Å²) in [6.07, 6.45) is 5.28. The molecule has 2 aliphatic heterocycles. The first-order valence-electron chi connectivity index (χ1n) is 14.0. The van der Waals surface area contributed by atoms with Crippen LogP contribution < -0.4 is 15.6 Å². The van der Waals surface area contributed by atoms with Crippen molar-refractivity contribution in [2.75, 3.05) is 50.6 Å². The molecule has 2 unspecified atom stereocenters. The Morgan fingerprint density at radius 3 is 2.70 bits per heavy atom. The third-order valence-electron chi connectivity index (χ3n) is 9.43. The van der Waals surface area contributed by atoms with Gasteiger partial charge in [-0.3, -0.25) is 14.2 Å². The minimum Gasteiger partial charge on any atom is -0.477 e. The Labute approximate surface area is 244 Å². The van der Waals surface area contributed by atoms with Crippen LogP contribution >= 0.6 is 0 Å². The molecule has 0 amide bonds. The number of carboxylic acids is 1. The quantitative estimate of drug-likeness (QED) is 0.316. The monoisotopic (exact) mass is 590 g/mol. The van der Waals surface area contributed by atoms with E-state index in [0.29, 0.717) is 71.0 Å². The van der Waals surface area contributed by atoms with E-state index >= 15 is 4.39 Å². The number of carbonyl (C=O) groups is 1. The highest BCUT2D eigenvalue weighted by Crippen LogP contribution is 2.54. The van der Waals surface area contributed by atoms with Gasteiger partial charge in [0.15, 0.2) is 11.6 Å². The molecule has 1 aliphatic carbocycles. The summed E-state index contributed by atoms with van der Waals surface area (Å²) in [6, 6.07) is 2.47. The van der Waals surface area contributed by atoms with Crippen LogP contribution in [0.3, 0.4) is 0 Å². The third-order valence-corrected chi connectivity index (χ3v) is 9.43. The number of aryl methyl sites for hydroxylation is 1. The predicted octanol–water partition coefficient (Wildman–Crippen LogP) is 4.06. The standard InChI is InChI=1S/C31H29F3N6O3/c1-35-21-8-20(33)26(34)24-16(21)7-22-25(24)27(40-5-4-31(13-32)14-38(2)12-23(31)40)18(10-36-22)15-6-17-28(41)19(30(42)43)11-39(3)29(17)37-9-15/h6,8-11,23,35H,4-5,7,12-14H2,1-3H3,(H,42,43). The molecule has 3 aliphatic rings. The maximum Gasteiger partial charge on any atom is 0.341 e. The first-order chi connectivity index (χ1) is 20.6. The molecule has 2 atom stereocenters. The second-order valence-corrected chi connectivity index (χ2v) is 11.9. The molecule has 0 spiro atoms. The molecule has 0 saturated carbocycles. The van der Waals surface area contributed by atoms with Crippen LogP contribution in [0.25, 0.3) is 33.3 Å². The van der Waals surface area contributed by atoms with E-state index in [0.717, 1.165) is 6.07 Å². The van der Waals surface area contributed by atoms with E-state index in [1.165, 1.54) is 10.8 Å². The van der Waals surface area contributed by atoms with Crippen molar-refractivity contribution in [1.82, 2.24) is 19.4 Å². The zero-order valence-electron chi connectivity index (χ0n) is 23.8. The van der Waals surface area contributed by atoms with Crippen molar-refractivity contribution in [2.45, 2.75) is 18.9 Å². The minimum atomic E-state index is -1.35. The average molecular weight is 591 g/mol. The number of aromatic carboxylic acids is 1. The molecular weight excluding hydrogens is 561 g/mol. The molecule has 0 bridgehead atoms. The number of anilines is 2. The van der Waals surface area contributed by atoms with Crippen LogP contribution in [-0.4, -0.2) is 77.0 Å². The van der Waals surface area contributed by atoms with Gasteiger partial charge in [-0.25, -0.2) is 18.6 Å². The third kappa shape index (κ3) is 3.81. The number of carboxylic acid groups (broad SMARTS) is 1. The molecule has 2 fully saturated rings. The SMILES string of the molecule is CNc1cc(F)c(F)c2c1Cc1ncc(-c3cnc4c(c3)c(=O)c(C(=O)O)cn4C)c(N3CCC4(CF)CN(C)CC34)c1-2. The van der Waals surface area contributed by atoms with Crippen LogP contribution in [0.2, 0.25) is 0 Å². The lowest BCUT2D eigenvalue weighted by Crippen LogP contribution is -2.40. The number of benzene rings is 1. The summed E-state index contributed by atoms with van der Waals surface area (Å²) >= 11 is 0. The second-order valence-electron chi connectivity index (χ2n) is 11.9. The first kappa shape index (κ1) is 27.4. The minimum absolute atomic E-state index is 0.0987. The maximum absolute atomic E-state index is 15.8. The summed E-state index contributed by atoms with van der Waals surface area (Å²) in [5.41, 5.74) is 2.32. The Morgan fingerprint density at radius 1 is 1.19 bits per heavy atom. The fourth-order valence-corrected chi connectivity index (χ4v) is 7.44. The van der Waals surface area contributed by atoms with Gasteiger partial charge >= 0.3 is 5.97 Å². The van der Waals surface area contributed by atoms with Gasteiger partial charge in [0.25, 0.3) is 0 Å². The molecule has 2 N–H and O–H groups in total. The lowest BCUT2D eigenvalue weighted by molar-refractivity contribution is 0.0695. The molecule has 3 aromatic heterocycles. The number of likely N-dealkylation sites (N-methyl/N-ethyl adjacent to an activating group) is 1. The number of hydrogen-bond donors (Lipinski definition) is 2. The molecule has 222 valence electrons. The number of nitrogens with one attached hydrogen (secondary N) is 1. The molecular formula is C31H29F3N6O3. The topological polar surface area (TPSA) is 104 Å². The van der Waals surface area contributed by atoms with Crippen molar-refractivity contribution in [3.63, 3.8) is 0 Å². The lowest BCUT2D eigenvalue weighted by Gasteiger charge is -2.33. The molecule has 5 heterocycles. The number of halogens is 3. The van der Waals surface area contributed by atoms with Gasteiger partial charge in [0, 0.05) is 98.2 Å². The number of aromatic nitrogens is 3. The van der Waals surface area contributed by atoms with Gasteiger partial charge in [-0.1, -0.05) is 0 Å². The Balaban J connectivity index is 1.53. The zero-order valence-corrected chi connectivity index (χ0v) is 23.8. The van der Waals surface area contributed by atoms with Gasteiger partial charge in [0.05, 0.1) is 29.5 Å². The van der Waals surface area contributed by atoms with Crippen molar-refractivity contribution in [3.05, 3.63) is 69.4 Å². The molecule has 1 aromatic carbocycles. The highest BCUT2D eigenvalue weighted by molar-refractivity contribution is 5.99. The number of pyridine rings is 3. The Morgan fingerprint density at radius 2 is 1.98 bits per heavy atom. The van der Waals surface area contributed by atoms with Gasteiger partial charge in [-0.05, 0) is 25.1 Å². The molecule has 4 aromatic rings. The summed E-state index contributed by atoms with van der Waals surface area (Å²) in [4.78, 5) is 38.4. The molecule has 43 heavy (non-hydrogen) atoms. The van der Waals surface area contributed by atoms with E-state index in [2.05, 4.69) is 20.1 Å². The van der Waals surface area contributed by atoms with Gasteiger partial charge in [0.1, 0.15) is 11.2 Å². The number of hydrogen-bond acceptors (Lipinski definition) is 7. The Kier molecular flexibility index (Phi) is 6.07. The highest BCUT2D eigenvalue weighted by Gasteiger charge is 2.54. The van der Waals surface area contributed by atoms with Crippen LogP contribution in [0.4, 0.5) is 24.5 Å². The number of likely N-dealkylation sites (tertiary alicyclic amines) is 1. The van der Waals surface area contributed by atoms with Crippen molar-refractivity contribution < 1.29 is 23.1 Å². The predicted molar refractivity (Wildman–Crippen MR) is 157 cm³/mol. The van der Waals surface area contributed by atoms with Crippen LogP contribution in [0.5, 0.6) is 0 Å². The zero-order chi connectivity index (χ0) is 30.4. The normalized spacial score (nSPS) is 20.9. The molecule has 9 nitrogen and oxygen atoms in total. The van der Waals surface area contributed by atoms with Crippen molar-refractivity contribution >= 4 is 28.4 Å². The summed E-state index contributed by atoms with van der Waals surface area (Å²) in [5.74, 6) is -3.33. The van der Waals surface area contributed by atoms with Crippen LogP contribution in [0.15, 0.2) is 35.5 Å². The van der Waals surface area contributed by atoms with Gasteiger partial charge < -0.3 is 24.8 Å². The van der Waals surface area contributed by atoms with Crippen LogP contribution in [0, 0.1) is 17.0 Å². The van der Waals surface area contributed by atoms with E-state index in [-0.39, 0.29) is 23.4 Å². The lowest BCUT2D eigenvalue weighted by atomic mass is 9.84. The fraction of sp³-hybridized carbons (Fsp3) is 0.355. The number of nitrogens with zero attached hydrogens (tertiary/aromatic N) is 5. The summed E-state index contributed by atoms with van der Waals surface area (Å²) in [5, 5.41) is 12.7. The molecule has 12 heteroatoms. The smallest absolute Gasteiger partial charge is 0.341 e. The van der Waals surface area contributed by atoms with Crippen molar-refractivity contribution in [1.29, 1.82) is 0 Å². The highest BCUT2D eigenvalue weighted by atomic mass is 19.2. The summed E-state index contributed by atoms with van der Waals surface area (Å²) in [6.45, 7) is 1.13. The van der Waals surface area contributed by atoms with Crippen LogP contribution in [-0.2, 0) is 13.5 Å². The second kappa shape index (κ2) is 9.53. The van der Waals surface area contributed by atoms with Crippen LogP contribution in [0.1, 0.15) is 28.0 Å². The van der Waals surface area contributed by atoms with Crippen molar-refractivity contribution in [3.8, 4) is 22.3 Å². The average Bonchev–Trinajstić information content (AvgIpc) is 3.65. The molecule has 7 rings (SSSR count). The van der Waals surface area contributed by atoms with E-state index in [1.54, 1.807) is 32.6 Å². The molecule has 2 saturated heterocycles. The first-order valence-corrected chi connectivity index (χ1v) is 14.0. The number of alkyl halides is 1. The van der Waals surface area contributed by atoms with E-state index in [9.17, 15) is 23.5 Å². The van der Waals surface area contributed by atoms with Gasteiger partial charge in [0.2, 0.25) is 5.43 Å². The molecule has 0 radical (unpaired) electrons. The largest absolute Gasteiger partial charge is 0.477 e. The fourth-order valence-electron chi connectivity index (χ4n) is 7.44. The van der Waals surface area contributed by atoms with E-state index in [4.69, 9.17) is 4.98 Å². The number of rotatable bonds is 5. The Hall–Kier alpha value is -4.45. The van der Waals surface area contributed by atoms with E-state index < -0.39 is 40.7 Å². The van der Waals surface area contributed by atoms with E-state index in [1.807, 2.05) is 7.05 Å². The summed E-state index contributed by atoms with van der Waals surface area (Å²) in [7, 11) is 5.19. The van der Waals surface area contributed by atoms with Gasteiger partial charge in [-0.15, -0.1) is 0 Å². The van der Waals surface area contributed by atoms with Crippen molar-refractivity contribution in [2.24, 2.45) is 12.5 Å². The maximum atomic E-state index is 15.8. The van der Waals surface area contributed by atoms with Gasteiger partial charge in [-0.2, -0.15) is 0 Å². The number of fused-ring (bicyclic) bond motifs is 5.